The molecule has 0 aliphatic heterocycles. The van der Waals surface area contributed by atoms with Crippen LogP contribution in [-0.4, -0.2) is 7.11 Å². The largest absolute Gasteiger partial charge is 0.493 e. The van der Waals surface area contributed by atoms with E-state index < -0.39 is 11.6 Å². The smallest absolute Gasteiger partial charge is 0.166 e. The van der Waals surface area contributed by atoms with E-state index in [1.807, 2.05) is 0 Å². The third-order valence-electron chi connectivity index (χ3n) is 1.63. The number of methoxy groups -OCH3 is 1. The van der Waals surface area contributed by atoms with Crippen molar-refractivity contribution in [3.8, 4) is 5.75 Å². The summed E-state index contributed by atoms with van der Waals surface area (Å²) in [4.78, 5) is 0. The maximum atomic E-state index is 13.3. The number of hydrogen-bond acceptors (Lipinski definition) is 2. The van der Waals surface area contributed by atoms with Crippen molar-refractivity contribution in [2.45, 2.75) is 6.54 Å². The zero-order valence-corrected chi connectivity index (χ0v) is 8.49. The Morgan fingerprint density at radius 2 is 2.15 bits per heavy atom. The van der Waals surface area contributed by atoms with Crippen LogP contribution >= 0.6 is 15.9 Å². The highest BCUT2D eigenvalue weighted by Gasteiger charge is 2.16. The molecule has 0 aliphatic rings. The summed E-state index contributed by atoms with van der Waals surface area (Å²) in [5.74, 6) is -1.35. The Kier molecular flexibility index (Phi) is 3.22. The number of benzene rings is 1. The molecule has 2 N–H and O–H groups in total. The molecule has 1 aromatic carbocycles. The van der Waals surface area contributed by atoms with Crippen molar-refractivity contribution < 1.29 is 13.5 Å². The average molecular weight is 252 g/mol. The molecule has 1 aromatic rings. The molecule has 0 aliphatic carbocycles. The molecule has 13 heavy (non-hydrogen) atoms. The maximum Gasteiger partial charge on any atom is 0.166 e. The van der Waals surface area contributed by atoms with E-state index in [9.17, 15) is 8.78 Å². The Hall–Kier alpha value is -0.680. The number of halogens is 3. The van der Waals surface area contributed by atoms with Crippen LogP contribution in [-0.2, 0) is 6.54 Å². The fourth-order valence-electron chi connectivity index (χ4n) is 1.03. The van der Waals surface area contributed by atoms with E-state index in [-0.39, 0.29) is 22.3 Å². The molecule has 0 aromatic heterocycles. The molecule has 0 amide bonds. The lowest BCUT2D eigenvalue weighted by Crippen LogP contribution is -2.05. The van der Waals surface area contributed by atoms with Gasteiger partial charge in [0.1, 0.15) is 5.82 Å². The minimum atomic E-state index is -0.628. The third kappa shape index (κ3) is 1.81. The first-order valence-electron chi connectivity index (χ1n) is 3.52. The SMILES string of the molecule is COc1c(F)cc(Br)c(F)c1CN. The molecular formula is C8H8BrF2NO. The van der Waals surface area contributed by atoms with Crippen molar-refractivity contribution in [3.63, 3.8) is 0 Å². The van der Waals surface area contributed by atoms with E-state index in [0.717, 1.165) is 6.07 Å². The monoisotopic (exact) mass is 251 g/mol. The number of hydrogen-bond donors (Lipinski definition) is 1. The molecule has 0 saturated heterocycles. The second kappa shape index (κ2) is 4.02. The van der Waals surface area contributed by atoms with E-state index in [4.69, 9.17) is 5.73 Å². The highest BCUT2D eigenvalue weighted by Crippen LogP contribution is 2.30. The Labute approximate surface area is 82.8 Å². The number of nitrogens with two attached hydrogens (primary N) is 1. The molecule has 0 bridgehead atoms. The zero-order chi connectivity index (χ0) is 10.0. The Morgan fingerprint density at radius 3 is 2.62 bits per heavy atom. The van der Waals surface area contributed by atoms with Crippen LogP contribution in [0.25, 0.3) is 0 Å². The molecule has 0 radical (unpaired) electrons. The molecule has 0 unspecified atom stereocenters. The van der Waals surface area contributed by atoms with Crippen LogP contribution in [0.2, 0.25) is 0 Å². The lowest BCUT2D eigenvalue weighted by atomic mass is 10.2. The third-order valence-corrected chi connectivity index (χ3v) is 2.20. The maximum absolute atomic E-state index is 13.3. The van der Waals surface area contributed by atoms with Crippen LogP contribution in [0.3, 0.4) is 0 Å². The first-order valence-corrected chi connectivity index (χ1v) is 4.31. The van der Waals surface area contributed by atoms with Crippen LogP contribution in [0.1, 0.15) is 5.56 Å². The predicted molar refractivity (Wildman–Crippen MR) is 48.5 cm³/mol. The summed E-state index contributed by atoms with van der Waals surface area (Å²) in [5.41, 5.74) is 5.29. The van der Waals surface area contributed by atoms with Gasteiger partial charge < -0.3 is 10.5 Å². The fraction of sp³-hybridized carbons (Fsp3) is 0.250. The highest BCUT2D eigenvalue weighted by molar-refractivity contribution is 9.10. The van der Waals surface area contributed by atoms with Gasteiger partial charge in [-0.05, 0) is 22.0 Å². The minimum absolute atomic E-state index is 0.0365. The van der Waals surface area contributed by atoms with Crippen LogP contribution in [0, 0.1) is 11.6 Å². The molecule has 72 valence electrons. The van der Waals surface area contributed by atoms with Gasteiger partial charge in [-0.3, -0.25) is 0 Å². The van der Waals surface area contributed by atoms with Crippen LogP contribution in [0.15, 0.2) is 10.5 Å². The summed E-state index contributed by atoms with van der Waals surface area (Å²) in [6, 6.07) is 1.01. The quantitative estimate of drug-likeness (QED) is 0.819. The summed E-state index contributed by atoms with van der Waals surface area (Å²) in [6.45, 7) is -0.106. The van der Waals surface area contributed by atoms with E-state index in [1.54, 1.807) is 0 Å². The van der Waals surface area contributed by atoms with Crippen molar-refractivity contribution in [3.05, 3.63) is 27.7 Å². The van der Waals surface area contributed by atoms with Gasteiger partial charge in [-0.2, -0.15) is 0 Å². The van der Waals surface area contributed by atoms with Crippen molar-refractivity contribution >= 4 is 15.9 Å². The standard InChI is InChI=1S/C8H8BrF2NO/c1-13-8-4(3-12)7(11)5(9)2-6(8)10/h2H,3,12H2,1H3. The van der Waals surface area contributed by atoms with Crippen molar-refractivity contribution in [1.29, 1.82) is 0 Å². The molecule has 0 atom stereocenters. The molecule has 0 heterocycles. The van der Waals surface area contributed by atoms with Gasteiger partial charge in [0, 0.05) is 12.1 Å². The van der Waals surface area contributed by atoms with Crippen molar-refractivity contribution in [2.24, 2.45) is 5.73 Å². The molecule has 2 nitrogen and oxygen atoms in total. The van der Waals surface area contributed by atoms with Gasteiger partial charge >= 0.3 is 0 Å². The topological polar surface area (TPSA) is 35.2 Å². The lowest BCUT2D eigenvalue weighted by molar-refractivity contribution is 0.375. The molecular weight excluding hydrogens is 244 g/mol. The van der Waals surface area contributed by atoms with E-state index >= 15 is 0 Å². The van der Waals surface area contributed by atoms with E-state index in [1.165, 1.54) is 7.11 Å². The van der Waals surface area contributed by atoms with Crippen molar-refractivity contribution in [2.75, 3.05) is 7.11 Å². The second-order valence-corrected chi connectivity index (χ2v) is 3.22. The molecule has 0 spiro atoms. The van der Waals surface area contributed by atoms with Crippen LogP contribution in [0.5, 0.6) is 5.75 Å². The Bertz CT molecular complexity index is 330. The van der Waals surface area contributed by atoms with E-state index in [0.29, 0.717) is 0 Å². The normalized spacial score (nSPS) is 10.2. The Balaban J connectivity index is 3.41. The molecule has 1 rings (SSSR count). The molecule has 5 heteroatoms. The lowest BCUT2D eigenvalue weighted by Gasteiger charge is -2.09. The van der Waals surface area contributed by atoms with Gasteiger partial charge in [-0.1, -0.05) is 0 Å². The average Bonchev–Trinajstić information content (AvgIpc) is 2.10. The number of rotatable bonds is 2. The number of ether oxygens (including phenoxy) is 1. The van der Waals surface area contributed by atoms with Gasteiger partial charge in [0.2, 0.25) is 0 Å². The van der Waals surface area contributed by atoms with E-state index in [2.05, 4.69) is 20.7 Å². The molecule has 0 fully saturated rings. The van der Waals surface area contributed by atoms with Gasteiger partial charge in [-0.25, -0.2) is 8.78 Å². The van der Waals surface area contributed by atoms with Crippen LogP contribution < -0.4 is 10.5 Å². The van der Waals surface area contributed by atoms with Crippen molar-refractivity contribution in [1.82, 2.24) is 0 Å². The van der Waals surface area contributed by atoms with Gasteiger partial charge in [0.25, 0.3) is 0 Å². The summed E-state index contributed by atoms with van der Waals surface area (Å²) in [7, 11) is 1.27. The minimum Gasteiger partial charge on any atom is -0.493 e. The van der Waals surface area contributed by atoms with Crippen LogP contribution in [0.4, 0.5) is 8.78 Å². The summed E-state index contributed by atoms with van der Waals surface area (Å²) >= 11 is 2.87. The Morgan fingerprint density at radius 1 is 1.54 bits per heavy atom. The van der Waals surface area contributed by atoms with Gasteiger partial charge in [0.05, 0.1) is 11.6 Å². The summed E-state index contributed by atoms with van der Waals surface area (Å²) < 4.78 is 31.1. The summed E-state index contributed by atoms with van der Waals surface area (Å²) in [6.07, 6.45) is 0. The first kappa shape index (κ1) is 10.4. The summed E-state index contributed by atoms with van der Waals surface area (Å²) in [5, 5.41) is 0. The predicted octanol–water partition coefficient (Wildman–Crippen LogP) is 2.19. The second-order valence-electron chi connectivity index (χ2n) is 2.37. The molecule has 0 saturated carbocycles. The van der Waals surface area contributed by atoms with Gasteiger partial charge in [0.15, 0.2) is 11.6 Å². The fourth-order valence-corrected chi connectivity index (χ4v) is 1.47. The zero-order valence-electron chi connectivity index (χ0n) is 6.90. The highest BCUT2D eigenvalue weighted by atomic mass is 79.9. The van der Waals surface area contributed by atoms with Gasteiger partial charge in [-0.15, -0.1) is 0 Å². The first-order chi connectivity index (χ1) is 6.11.